The van der Waals surface area contributed by atoms with Crippen LogP contribution < -0.4 is 0 Å². The summed E-state index contributed by atoms with van der Waals surface area (Å²) in [5.41, 5.74) is -1.31. The molecule has 2 rings (SSSR count). The van der Waals surface area contributed by atoms with Gasteiger partial charge in [0.15, 0.2) is 9.84 Å². The van der Waals surface area contributed by atoms with Gasteiger partial charge in [-0.15, -0.1) is 0 Å². The van der Waals surface area contributed by atoms with E-state index in [2.05, 4.69) is 0 Å². The fourth-order valence-electron chi connectivity index (χ4n) is 2.73. The Bertz CT molecular complexity index is 753. The molecule has 1 aromatic rings. The average molecular weight is 365 g/mol. The number of aliphatic carboxylic acids is 1. The fraction of sp³-hybridized carbons (Fsp3) is 0.429. The highest BCUT2D eigenvalue weighted by atomic mass is 32.2. The van der Waals surface area contributed by atoms with Crippen LogP contribution in [0.1, 0.15) is 18.9 Å². The number of rotatable bonds is 3. The number of carbonyl (C=O) groups excluding carboxylic acids is 1. The first kappa shape index (κ1) is 18.2. The van der Waals surface area contributed by atoms with E-state index >= 15 is 0 Å². The van der Waals surface area contributed by atoms with Crippen molar-refractivity contribution in [3.8, 4) is 0 Å². The van der Waals surface area contributed by atoms with E-state index in [1.807, 2.05) is 0 Å². The second-order valence-electron chi connectivity index (χ2n) is 5.42. The van der Waals surface area contributed by atoms with Crippen molar-refractivity contribution in [2.45, 2.75) is 35.7 Å². The Kier molecular flexibility index (Phi) is 4.62. The number of hydrogen-bond donors (Lipinski definition) is 1. The van der Waals surface area contributed by atoms with Crippen LogP contribution in [0.4, 0.5) is 13.2 Å². The molecule has 6 nitrogen and oxygen atoms in total. The van der Waals surface area contributed by atoms with Crippen molar-refractivity contribution >= 4 is 21.7 Å². The van der Waals surface area contributed by atoms with Gasteiger partial charge in [-0.1, -0.05) is 12.1 Å². The number of nitrogens with zero attached hydrogens (tertiary/aromatic N) is 1. The quantitative estimate of drug-likeness (QED) is 0.878. The molecule has 0 bridgehead atoms. The molecule has 1 aliphatic heterocycles. The third-order valence-electron chi connectivity index (χ3n) is 3.89. The zero-order valence-electron chi connectivity index (χ0n) is 12.4. The highest BCUT2D eigenvalue weighted by Crippen LogP contribution is 2.37. The standard InChI is InChI=1S/C14H14F3NO5S/c1-8(19)18-7-9(6-11(18)13(20)21)24(22,23)12-5-3-2-4-10(12)14(15,16)17/h2-5,9,11H,6-7H2,1H3,(H,20,21). The molecule has 0 spiro atoms. The van der Waals surface area contributed by atoms with Crippen molar-refractivity contribution in [2.24, 2.45) is 0 Å². The molecule has 132 valence electrons. The normalized spacial score (nSPS) is 21.8. The van der Waals surface area contributed by atoms with Crippen LogP contribution in [0.3, 0.4) is 0 Å². The SMILES string of the molecule is CC(=O)N1CC(S(=O)(=O)c2ccccc2C(F)(F)F)CC1C(=O)O. The van der Waals surface area contributed by atoms with E-state index in [1.165, 1.54) is 0 Å². The number of hydrogen-bond acceptors (Lipinski definition) is 4. The van der Waals surface area contributed by atoms with Gasteiger partial charge >= 0.3 is 12.1 Å². The van der Waals surface area contributed by atoms with Crippen molar-refractivity contribution in [2.75, 3.05) is 6.54 Å². The van der Waals surface area contributed by atoms with Crippen molar-refractivity contribution in [3.05, 3.63) is 29.8 Å². The summed E-state index contributed by atoms with van der Waals surface area (Å²) in [5.74, 6) is -2.05. The van der Waals surface area contributed by atoms with E-state index in [0.29, 0.717) is 6.07 Å². The number of benzene rings is 1. The van der Waals surface area contributed by atoms with Crippen molar-refractivity contribution < 1.29 is 36.3 Å². The lowest BCUT2D eigenvalue weighted by Gasteiger charge is -2.19. The molecule has 1 amide bonds. The Balaban J connectivity index is 2.47. The third-order valence-corrected chi connectivity index (χ3v) is 6.08. The van der Waals surface area contributed by atoms with Gasteiger partial charge in [0.2, 0.25) is 5.91 Å². The number of carboxylic acids is 1. The molecule has 0 radical (unpaired) electrons. The number of amides is 1. The highest BCUT2D eigenvalue weighted by Gasteiger charge is 2.47. The molecule has 10 heteroatoms. The minimum Gasteiger partial charge on any atom is -0.480 e. The maximum absolute atomic E-state index is 13.1. The number of halogens is 3. The summed E-state index contributed by atoms with van der Waals surface area (Å²) in [6.45, 7) is 0.620. The average Bonchev–Trinajstić information content (AvgIpc) is 2.92. The minimum atomic E-state index is -4.87. The van der Waals surface area contributed by atoms with Crippen molar-refractivity contribution in [3.63, 3.8) is 0 Å². The molecule has 2 unspecified atom stereocenters. The Morgan fingerprint density at radius 1 is 1.25 bits per heavy atom. The van der Waals surface area contributed by atoms with Gasteiger partial charge in [0.05, 0.1) is 15.7 Å². The number of carbonyl (C=O) groups is 2. The van der Waals surface area contributed by atoms with Crippen LogP contribution in [0.25, 0.3) is 0 Å². The maximum atomic E-state index is 13.1. The predicted molar refractivity (Wildman–Crippen MR) is 75.8 cm³/mol. The predicted octanol–water partition coefficient (Wildman–Crippen LogP) is 1.55. The van der Waals surface area contributed by atoms with Gasteiger partial charge in [-0.3, -0.25) is 4.79 Å². The van der Waals surface area contributed by atoms with Crippen LogP contribution in [-0.4, -0.2) is 48.1 Å². The van der Waals surface area contributed by atoms with E-state index in [1.54, 1.807) is 0 Å². The second kappa shape index (κ2) is 6.08. The first-order valence-corrected chi connectivity index (χ1v) is 8.41. The first-order chi connectivity index (χ1) is 11.0. The number of carboxylic acid groups (broad SMARTS) is 1. The molecular weight excluding hydrogens is 351 g/mol. The van der Waals surface area contributed by atoms with Gasteiger partial charge in [0.1, 0.15) is 6.04 Å². The fourth-order valence-corrected chi connectivity index (χ4v) is 4.64. The zero-order valence-corrected chi connectivity index (χ0v) is 13.3. The Morgan fingerprint density at radius 2 is 1.83 bits per heavy atom. The smallest absolute Gasteiger partial charge is 0.417 e. The molecule has 1 saturated heterocycles. The molecule has 1 heterocycles. The molecular formula is C14H14F3NO5S. The van der Waals surface area contributed by atoms with Crippen molar-refractivity contribution in [1.29, 1.82) is 0 Å². The van der Waals surface area contributed by atoms with Gasteiger partial charge in [-0.25, -0.2) is 13.2 Å². The molecule has 0 aromatic heterocycles. The van der Waals surface area contributed by atoms with Crippen LogP contribution in [-0.2, 0) is 25.6 Å². The summed E-state index contributed by atoms with van der Waals surface area (Å²) in [6, 6.07) is 2.34. The molecule has 1 aromatic carbocycles. The number of alkyl halides is 3. The maximum Gasteiger partial charge on any atom is 0.417 e. The highest BCUT2D eigenvalue weighted by molar-refractivity contribution is 7.92. The molecule has 1 fully saturated rings. The Labute approximate surface area is 135 Å². The molecule has 0 saturated carbocycles. The number of likely N-dealkylation sites (tertiary alicyclic amines) is 1. The first-order valence-electron chi connectivity index (χ1n) is 6.86. The Hall–Kier alpha value is -2.10. The van der Waals surface area contributed by atoms with Crippen LogP contribution >= 0.6 is 0 Å². The van der Waals surface area contributed by atoms with Gasteiger partial charge in [0.25, 0.3) is 0 Å². The van der Waals surface area contributed by atoms with Gasteiger partial charge in [0, 0.05) is 13.5 Å². The third kappa shape index (κ3) is 3.23. The zero-order chi connectivity index (χ0) is 18.3. The number of sulfone groups is 1. The summed E-state index contributed by atoms with van der Waals surface area (Å²) in [4.78, 5) is 22.6. The molecule has 0 aliphatic carbocycles. The van der Waals surface area contributed by atoms with E-state index < -0.39 is 62.6 Å². The summed E-state index contributed by atoms with van der Waals surface area (Å²) in [5, 5.41) is 7.69. The van der Waals surface area contributed by atoms with Crippen LogP contribution in [0, 0.1) is 0 Å². The lowest BCUT2D eigenvalue weighted by Crippen LogP contribution is -2.39. The van der Waals surface area contributed by atoms with E-state index in [-0.39, 0.29) is 0 Å². The van der Waals surface area contributed by atoms with Crippen LogP contribution in [0.5, 0.6) is 0 Å². The van der Waals surface area contributed by atoms with Gasteiger partial charge < -0.3 is 10.0 Å². The van der Waals surface area contributed by atoms with Crippen molar-refractivity contribution in [1.82, 2.24) is 4.90 Å². The molecule has 1 N–H and O–H groups in total. The molecule has 2 atom stereocenters. The second-order valence-corrected chi connectivity index (χ2v) is 7.62. The minimum absolute atomic E-state index is 0.455. The molecule has 1 aliphatic rings. The largest absolute Gasteiger partial charge is 0.480 e. The van der Waals surface area contributed by atoms with Gasteiger partial charge in [-0.05, 0) is 18.6 Å². The summed E-state index contributed by atoms with van der Waals surface area (Å²) >= 11 is 0. The summed E-state index contributed by atoms with van der Waals surface area (Å²) in [7, 11) is -4.46. The summed E-state index contributed by atoms with van der Waals surface area (Å²) < 4.78 is 64.4. The van der Waals surface area contributed by atoms with E-state index in [4.69, 9.17) is 5.11 Å². The van der Waals surface area contributed by atoms with Crippen LogP contribution in [0.2, 0.25) is 0 Å². The van der Waals surface area contributed by atoms with E-state index in [0.717, 1.165) is 30.0 Å². The lowest BCUT2D eigenvalue weighted by atomic mass is 10.2. The summed E-state index contributed by atoms with van der Waals surface area (Å²) in [6.07, 6.45) is -5.32. The topological polar surface area (TPSA) is 91.8 Å². The van der Waals surface area contributed by atoms with E-state index in [9.17, 15) is 31.2 Å². The lowest BCUT2D eigenvalue weighted by molar-refractivity contribution is -0.147. The molecule has 24 heavy (non-hydrogen) atoms. The monoisotopic (exact) mass is 365 g/mol. The van der Waals surface area contributed by atoms with Crippen LogP contribution in [0.15, 0.2) is 29.2 Å². The van der Waals surface area contributed by atoms with Gasteiger partial charge in [-0.2, -0.15) is 13.2 Å². The Morgan fingerprint density at radius 3 is 2.29 bits per heavy atom.